The summed E-state index contributed by atoms with van der Waals surface area (Å²) < 4.78 is 1.96. The number of aromatic nitrogens is 3. The van der Waals surface area contributed by atoms with Crippen molar-refractivity contribution in [1.29, 1.82) is 0 Å². The van der Waals surface area contributed by atoms with Crippen LogP contribution >= 0.6 is 23.4 Å². The first kappa shape index (κ1) is 21.9. The highest BCUT2D eigenvalue weighted by atomic mass is 35.5. The highest BCUT2D eigenvalue weighted by Crippen LogP contribution is 2.27. The van der Waals surface area contributed by atoms with Gasteiger partial charge < -0.3 is 10.2 Å². The molecule has 1 aromatic heterocycles. The Morgan fingerprint density at radius 3 is 2.80 bits per heavy atom. The lowest BCUT2D eigenvalue weighted by molar-refractivity contribution is -0.113. The van der Waals surface area contributed by atoms with Crippen LogP contribution in [0.2, 0.25) is 5.02 Å². The molecule has 0 bridgehead atoms. The van der Waals surface area contributed by atoms with Crippen LogP contribution in [0.5, 0.6) is 0 Å². The second kappa shape index (κ2) is 9.82. The van der Waals surface area contributed by atoms with Crippen molar-refractivity contribution in [2.24, 2.45) is 0 Å². The quantitative estimate of drug-likeness (QED) is 0.398. The van der Waals surface area contributed by atoms with E-state index in [4.69, 9.17) is 11.6 Å². The molecule has 3 aromatic rings. The van der Waals surface area contributed by atoms with Gasteiger partial charge in [0.1, 0.15) is 0 Å². The Morgan fingerprint density at radius 1 is 1.27 bits per heavy atom. The average Bonchev–Trinajstić information content (AvgIpc) is 3.12. The van der Waals surface area contributed by atoms with Gasteiger partial charge in [-0.1, -0.05) is 47.6 Å². The number of carbonyl (C=O) groups excluding carboxylic acids is 1. The molecule has 3 rings (SSSR count). The number of anilines is 2. The molecule has 0 radical (unpaired) electrons. The molecule has 6 nitrogen and oxygen atoms in total. The molecule has 156 valence electrons. The molecule has 0 saturated carbocycles. The Labute approximate surface area is 186 Å². The Hall–Kier alpha value is -2.77. The monoisotopic (exact) mass is 441 g/mol. The summed E-state index contributed by atoms with van der Waals surface area (Å²) in [6.45, 7) is 6.31. The first-order valence-electron chi connectivity index (χ1n) is 9.39. The number of nitrogens with zero attached hydrogens (tertiary/aromatic N) is 4. The minimum absolute atomic E-state index is 0.130. The Bertz CT molecular complexity index is 1060. The van der Waals surface area contributed by atoms with Crippen molar-refractivity contribution < 1.29 is 4.79 Å². The maximum absolute atomic E-state index is 12.5. The van der Waals surface area contributed by atoms with Gasteiger partial charge in [0.2, 0.25) is 5.91 Å². The normalized spacial score (nSPS) is 10.7. The van der Waals surface area contributed by atoms with E-state index in [1.54, 1.807) is 18.2 Å². The van der Waals surface area contributed by atoms with Crippen LogP contribution < -0.4 is 10.2 Å². The summed E-state index contributed by atoms with van der Waals surface area (Å²) in [5, 5.41) is 12.8. The predicted octanol–water partition coefficient (Wildman–Crippen LogP) is 4.89. The molecule has 0 spiro atoms. The minimum atomic E-state index is -0.130. The number of benzene rings is 2. The molecule has 2 aromatic carbocycles. The molecule has 1 N–H and O–H groups in total. The molecule has 0 aliphatic rings. The van der Waals surface area contributed by atoms with E-state index in [9.17, 15) is 4.79 Å². The predicted molar refractivity (Wildman–Crippen MR) is 126 cm³/mol. The van der Waals surface area contributed by atoms with E-state index in [1.165, 1.54) is 11.8 Å². The maximum atomic E-state index is 12.5. The van der Waals surface area contributed by atoms with E-state index >= 15 is 0 Å². The van der Waals surface area contributed by atoms with Crippen LogP contribution in [0.1, 0.15) is 5.56 Å². The minimum Gasteiger partial charge on any atom is -0.378 e. The molecule has 0 unspecified atom stereocenters. The van der Waals surface area contributed by atoms with Crippen LogP contribution in [0.4, 0.5) is 11.4 Å². The zero-order valence-electron chi connectivity index (χ0n) is 17.2. The van der Waals surface area contributed by atoms with E-state index in [-0.39, 0.29) is 11.7 Å². The van der Waals surface area contributed by atoms with Gasteiger partial charge in [-0.3, -0.25) is 9.36 Å². The van der Waals surface area contributed by atoms with Crippen molar-refractivity contribution >= 4 is 40.6 Å². The Balaban J connectivity index is 1.76. The largest absolute Gasteiger partial charge is 0.378 e. The molecule has 0 atom stereocenters. The molecule has 1 heterocycles. The fourth-order valence-corrected chi connectivity index (χ4v) is 3.79. The number of hydrogen-bond donors (Lipinski definition) is 1. The zero-order valence-corrected chi connectivity index (χ0v) is 18.8. The number of thioether (sulfide) groups is 1. The summed E-state index contributed by atoms with van der Waals surface area (Å²) in [5.74, 6) is 0.820. The standard InChI is InChI=1S/C22H24ClN5OS/c1-5-11-28-21(16-7-6-8-18(12-16)27(3)4)25-26-22(28)30-14-20(29)24-19-13-17(23)10-9-15(19)2/h5-10,12-13H,1,11,14H2,2-4H3,(H,24,29). The topological polar surface area (TPSA) is 63.1 Å². The number of halogens is 1. The number of amides is 1. The Morgan fingerprint density at radius 2 is 2.07 bits per heavy atom. The van der Waals surface area contributed by atoms with Gasteiger partial charge in [-0.2, -0.15) is 0 Å². The lowest BCUT2D eigenvalue weighted by Crippen LogP contribution is -2.15. The van der Waals surface area contributed by atoms with Crippen LogP contribution in [0.3, 0.4) is 0 Å². The van der Waals surface area contributed by atoms with Gasteiger partial charge in [0.25, 0.3) is 0 Å². The van der Waals surface area contributed by atoms with E-state index in [0.717, 1.165) is 22.6 Å². The van der Waals surface area contributed by atoms with Crippen LogP contribution in [-0.4, -0.2) is 40.5 Å². The lowest BCUT2D eigenvalue weighted by Gasteiger charge is -2.14. The van der Waals surface area contributed by atoms with Gasteiger partial charge in [0.15, 0.2) is 11.0 Å². The maximum Gasteiger partial charge on any atom is 0.234 e. The van der Waals surface area contributed by atoms with E-state index in [1.807, 2.05) is 54.8 Å². The lowest BCUT2D eigenvalue weighted by atomic mass is 10.2. The molecule has 0 fully saturated rings. The summed E-state index contributed by atoms with van der Waals surface area (Å²) >= 11 is 7.37. The highest BCUT2D eigenvalue weighted by molar-refractivity contribution is 7.99. The van der Waals surface area contributed by atoms with Crippen molar-refractivity contribution in [3.05, 3.63) is 65.7 Å². The van der Waals surface area contributed by atoms with Crippen molar-refractivity contribution in [1.82, 2.24) is 14.8 Å². The number of allylic oxidation sites excluding steroid dienone is 1. The number of nitrogens with one attached hydrogen (secondary N) is 1. The third kappa shape index (κ3) is 5.23. The van der Waals surface area contributed by atoms with Crippen LogP contribution in [0.25, 0.3) is 11.4 Å². The van der Waals surface area contributed by atoms with Gasteiger partial charge in [0, 0.05) is 42.6 Å². The van der Waals surface area contributed by atoms with E-state index in [2.05, 4.69) is 28.2 Å². The molecule has 30 heavy (non-hydrogen) atoms. The molecular formula is C22H24ClN5OS. The molecule has 0 saturated heterocycles. The summed E-state index contributed by atoms with van der Waals surface area (Å²) in [7, 11) is 3.99. The molecule has 0 aliphatic heterocycles. The molecular weight excluding hydrogens is 418 g/mol. The summed E-state index contributed by atoms with van der Waals surface area (Å²) in [5.41, 5.74) is 3.70. The second-order valence-electron chi connectivity index (χ2n) is 6.95. The first-order chi connectivity index (χ1) is 14.4. The third-order valence-corrected chi connectivity index (χ3v) is 5.66. The number of aryl methyl sites for hydroxylation is 1. The van der Waals surface area contributed by atoms with Crippen molar-refractivity contribution in [3.63, 3.8) is 0 Å². The second-order valence-corrected chi connectivity index (χ2v) is 8.33. The van der Waals surface area contributed by atoms with Gasteiger partial charge in [-0.25, -0.2) is 0 Å². The molecule has 8 heteroatoms. The zero-order chi connectivity index (χ0) is 21.7. The summed E-state index contributed by atoms with van der Waals surface area (Å²) in [6, 6.07) is 13.5. The fourth-order valence-electron chi connectivity index (χ4n) is 2.87. The van der Waals surface area contributed by atoms with E-state index < -0.39 is 0 Å². The van der Waals surface area contributed by atoms with E-state index in [0.29, 0.717) is 22.4 Å². The first-order valence-corrected chi connectivity index (χ1v) is 10.8. The fraction of sp³-hybridized carbons (Fsp3) is 0.227. The van der Waals surface area contributed by atoms with Crippen LogP contribution in [0, 0.1) is 6.92 Å². The molecule has 0 aliphatic carbocycles. The third-order valence-electron chi connectivity index (χ3n) is 4.46. The van der Waals surface area contributed by atoms with Crippen molar-refractivity contribution in [2.45, 2.75) is 18.6 Å². The molecule has 1 amide bonds. The number of carbonyl (C=O) groups is 1. The van der Waals surface area contributed by atoms with Crippen LogP contribution in [0.15, 0.2) is 60.3 Å². The number of hydrogen-bond acceptors (Lipinski definition) is 5. The SMILES string of the molecule is C=CCn1c(SCC(=O)Nc2cc(Cl)ccc2C)nnc1-c1cccc(N(C)C)c1. The van der Waals surface area contributed by atoms with Gasteiger partial charge in [0.05, 0.1) is 5.75 Å². The van der Waals surface area contributed by atoms with Crippen molar-refractivity contribution in [3.8, 4) is 11.4 Å². The van der Waals surface area contributed by atoms with Crippen LogP contribution in [-0.2, 0) is 11.3 Å². The smallest absolute Gasteiger partial charge is 0.234 e. The van der Waals surface area contributed by atoms with Gasteiger partial charge in [-0.15, -0.1) is 16.8 Å². The van der Waals surface area contributed by atoms with Gasteiger partial charge in [-0.05, 0) is 36.8 Å². The summed E-state index contributed by atoms with van der Waals surface area (Å²) in [4.78, 5) is 14.5. The average molecular weight is 442 g/mol. The summed E-state index contributed by atoms with van der Waals surface area (Å²) in [6.07, 6.45) is 1.79. The highest BCUT2D eigenvalue weighted by Gasteiger charge is 2.16. The van der Waals surface area contributed by atoms with Crippen molar-refractivity contribution in [2.75, 3.05) is 30.1 Å². The van der Waals surface area contributed by atoms with Gasteiger partial charge >= 0.3 is 0 Å². The number of rotatable bonds is 8. The Kier molecular flexibility index (Phi) is 7.18.